The normalized spacial score (nSPS) is 12.5. The maximum atomic E-state index is 13.4. The summed E-state index contributed by atoms with van der Waals surface area (Å²) >= 11 is 0. The van der Waals surface area contributed by atoms with Crippen LogP contribution >= 0.6 is 0 Å². The minimum Gasteiger partial charge on any atom is -0.355 e. The molecule has 0 amide bonds. The van der Waals surface area contributed by atoms with Gasteiger partial charge in [0.05, 0.1) is 45.0 Å². The first-order chi connectivity index (χ1) is 29.7. The molecule has 3 aromatic heterocycles. The second-order valence-corrected chi connectivity index (χ2v) is 14.9. The molecule has 2 N–H and O–H groups in total. The number of hydrogen-bond donors (Lipinski definition) is 2. The molecular weight excluding hydrogens is 795 g/mol. The molecular formula is C52H32F6N4. The Hall–Kier alpha value is -7.82. The number of fused-ring (bicyclic) bond motifs is 8. The van der Waals surface area contributed by atoms with E-state index in [0.29, 0.717) is 44.7 Å². The molecule has 2 aliphatic rings. The number of rotatable bonds is 2. The Morgan fingerprint density at radius 1 is 0.435 bits per heavy atom. The molecule has 7 aromatic rings. The third-order valence-electron chi connectivity index (χ3n) is 10.5. The summed E-state index contributed by atoms with van der Waals surface area (Å²) in [5, 5.41) is 0. The first-order valence-corrected chi connectivity index (χ1v) is 19.5. The summed E-state index contributed by atoms with van der Waals surface area (Å²) in [6.07, 6.45) is -5.01. The van der Waals surface area contributed by atoms with Crippen molar-refractivity contribution in [2.45, 2.75) is 26.2 Å². The molecule has 0 unspecified atom stereocenters. The highest BCUT2D eigenvalue weighted by Gasteiger charge is 2.31. The van der Waals surface area contributed by atoms with Crippen LogP contribution in [-0.2, 0) is 12.4 Å². The highest BCUT2D eigenvalue weighted by molar-refractivity contribution is 6.06. The van der Waals surface area contributed by atoms with Gasteiger partial charge in [-0.1, -0.05) is 83.3 Å². The molecule has 62 heavy (non-hydrogen) atoms. The number of nitrogens with one attached hydrogen (secondary N) is 2. The summed E-state index contributed by atoms with van der Waals surface area (Å²) in [4.78, 5) is 17.4. The third kappa shape index (κ3) is 8.19. The molecule has 0 fully saturated rings. The maximum absolute atomic E-state index is 13.4. The number of nitrogens with zero attached hydrogens (tertiary/aromatic N) is 2. The van der Waals surface area contributed by atoms with Gasteiger partial charge in [0, 0.05) is 44.3 Å². The Morgan fingerprint density at radius 2 is 0.823 bits per heavy atom. The second kappa shape index (κ2) is 15.7. The SMILES string of the molecule is Cc1ccc(-c2c3nc(c(-c4ccc(C)cc4)c4ccc(cc5nc(cc6ccc2[nH]6)C(C#Cc2ccc(C(F)(F)F)cc2)=C5C#Cc2ccc(C(F)(F)F)cc2)[nH]4)C=C3)cc1. The van der Waals surface area contributed by atoms with Crippen LogP contribution in [-0.4, -0.2) is 19.9 Å². The number of aromatic amines is 2. The summed E-state index contributed by atoms with van der Waals surface area (Å²) in [5.41, 5.74) is 10.9. The molecule has 0 radical (unpaired) electrons. The van der Waals surface area contributed by atoms with Gasteiger partial charge in [-0.15, -0.1) is 0 Å². The van der Waals surface area contributed by atoms with Gasteiger partial charge in [-0.2, -0.15) is 26.3 Å². The summed E-state index contributed by atoms with van der Waals surface area (Å²) in [5.74, 6) is 12.3. The highest BCUT2D eigenvalue weighted by atomic mass is 19.4. The van der Waals surface area contributed by atoms with E-state index in [2.05, 4.69) is 57.9 Å². The van der Waals surface area contributed by atoms with Crippen LogP contribution in [0, 0.1) is 37.5 Å². The molecule has 0 aliphatic carbocycles. The van der Waals surface area contributed by atoms with Crippen molar-refractivity contribution in [1.82, 2.24) is 19.9 Å². The van der Waals surface area contributed by atoms with Crippen molar-refractivity contribution in [2.75, 3.05) is 0 Å². The second-order valence-electron chi connectivity index (χ2n) is 14.9. The lowest BCUT2D eigenvalue weighted by atomic mass is 10.0. The van der Waals surface area contributed by atoms with Crippen molar-refractivity contribution >= 4 is 45.4 Å². The Morgan fingerprint density at radius 3 is 1.19 bits per heavy atom. The van der Waals surface area contributed by atoms with Crippen LogP contribution in [0.25, 0.3) is 67.6 Å². The standard InChI is InChI=1S/C52H32F6N4/c1-31-3-13-35(14-4-31)49-43-25-21-39(59-43)29-47-41(23-11-33-7-17-37(18-8-33)51(53,54)55)42(24-12-34-9-19-38(20-10-34)52(56,57)58)48(62-47)30-40-22-26-44(60-40)50(46-28-27-45(49)61-46)36-15-5-32(2)6-16-36/h3-10,13-22,25-30,59-60H,1-2H3. The van der Waals surface area contributed by atoms with E-state index >= 15 is 0 Å². The third-order valence-corrected chi connectivity index (χ3v) is 10.5. The summed E-state index contributed by atoms with van der Waals surface area (Å²) < 4.78 is 80.5. The smallest absolute Gasteiger partial charge is 0.355 e. The predicted molar refractivity (Wildman–Crippen MR) is 234 cm³/mol. The molecule has 10 heteroatoms. The Bertz CT molecular complexity index is 3030. The van der Waals surface area contributed by atoms with Crippen molar-refractivity contribution in [2.24, 2.45) is 0 Å². The minimum absolute atomic E-state index is 0.324. The van der Waals surface area contributed by atoms with Crippen LogP contribution in [0.15, 0.2) is 133 Å². The van der Waals surface area contributed by atoms with Gasteiger partial charge in [-0.25, -0.2) is 9.97 Å². The van der Waals surface area contributed by atoms with Gasteiger partial charge in [0.2, 0.25) is 0 Å². The molecule has 9 rings (SSSR count). The zero-order valence-electron chi connectivity index (χ0n) is 33.0. The summed E-state index contributed by atoms with van der Waals surface area (Å²) in [7, 11) is 0. The van der Waals surface area contributed by atoms with E-state index in [1.54, 1.807) is 0 Å². The number of aryl methyl sites for hydroxylation is 2. The van der Waals surface area contributed by atoms with Gasteiger partial charge in [0.15, 0.2) is 0 Å². The average molecular weight is 827 g/mol. The number of hydrogen-bond acceptors (Lipinski definition) is 2. The highest BCUT2D eigenvalue weighted by Crippen LogP contribution is 2.36. The lowest BCUT2D eigenvalue weighted by Crippen LogP contribution is -2.04. The Balaban J connectivity index is 1.33. The number of alkyl halides is 6. The minimum atomic E-state index is -4.52. The van der Waals surface area contributed by atoms with E-state index in [1.165, 1.54) is 24.3 Å². The molecule has 0 atom stereocenters. The number of aromatic nitrogens is 4. The summed E-state index contributed by atoms with van der Waals surface area (Å²) in [6, 6.07) is 36.8. The van der Waals surface area contributed by atoms with Crippen molar-refractivity contribution in [3.8, 4) is 45.9 Å². The van der Waals surface area contributed by atoms with Crippen LogP contribution in [0.2, 0.25) is 0 Å². The number of halogens is 6. The average Bonchev–Trinajstić information content (AvgIpc) is 4.07. The molecule has 2 aliphatic heterocycles. The molecule has 0 spiro atoms. The fourth-order valence-corrected chi connectivity index (χ4v) is 7.26. The lowest BCUT2D eigenvalue weighted by Gasteiger charge is -2.06. The van der Waals surface area contributed by atoms with Crippen molar-refractivity contribution in [3.63, 3.8) is 0 Å². The fraction of sp³-hybridized carbons (Fsp3) is 0.0769. The Kier molecular flexibility index (Phi) is 10.0. The van der Waals surface area contributed by atoms with Crippen molar-refractivity contribution in [1.29, 1.82) is 0 Å². The molecule has 302 valence electrons. The van der Waals surface area contributed by atoms with Gasteiger partial charge in [0.25, 0.3) is 0 Å². The summed E-state index contributed by atoms with van der Waals surface area (Å²) in [6.45, 7) is 4.06. The van der Waals surface area contributed by atoms with Crippen molar-refractivity contribution < 1.29 is 26.3 Å². The quantitative estimate of drug-likeness (QED) is 0.135. The number of allylic oxidation sites excluding steroid dienone is 2. The Labute approximate surface area is 352 Å². The van der Waals surface area contributed by atoms with E-state index in [4.69, 9.17) is 9.97 Å². The molecule has 0 saturated carbocycles. The van der Waals surface area contributed by atoms with Crippen LogP contribution in [0.4, 0.5) is 26.3 Å². The molecule has 4 aromatic carbocycles. The van der Waals surface area contributed by atoms with E-state index < -0.39 is 23.5 Å². The zero-order chi connectivity index (χ0) is 43.2. The van der Waals surface area contributed by atoms with Crippen LogP contribution in [0.1, 0.15) is 56.2 Å². The van der Waals surface area contributed by atoms with E-state index in [9.17, 15) is 26.3 Å². The largest absolute Gasteiger partial charge is 0.416 e. The van der Waals surface area contributed by atoms with Crippen LogP contribution in [0.3, 0.4) is 0 Å². The topological polar surface area (TPSA) is 57.4 Å². The van der Waals surface area contributed by atoms with Gasteiger partial charge < -0.3 is 9.97 Å². The van der Waals surface area contributed by atoms with Gasteiger partial charge in [-0.05, 0) is 122 Å². The molecule has 4 nitrogen and oxygen atoms in total. The maximum Gasteiger partial charge on any atom is 0.416 e. The first-order valence-electron chi connectivity index (χ1n) is 19.5. The van der Waals surface area contributed by atoms with Crippen LogP contribution < -0.4 is 0 Å². The lowest BCUT2D eigenvalue weighted by molar-refractivity contribution is -0.138. The van der Waals surface area contributed by atoms with Gasteiger partial charge in [-0.3, -0.25) is 0 Å². The molecule has 5 heterocycles. The van der Waals surface area contributed by atoms with E-state index in [1.807, 2.05) is 86.7 Å². The number of H-pyrrole nitrogens is 2. The number of benzene rings is 4. The van der Waals surface area contributed by atoms with E-state index in [0.717, 1.165) is 80.1 Å². The van der Waals surface area contributed by atoms with Gasteiger partial charge >= 0.3 is 12.4 Å². The predicted octanol–water partition coefficient (Wildman–Crippen LogP) is 13.5. The van der Waals surface area contributed by atoms with Gasteiger partial charge in [0.1, 0.15) is 0 Å². The molecule has 0 saturated heterocycles. The van der Waals surface area contributed by atoms with E-state index in [-0.39, 0.29) is 0 Å². The monoisotopic (exact) mass is 826 g/mol. The van der Waals surface area contributed by atoms with Crippen LogP contribution in [0.5, 0.6) is 0 Å². The molecule has 8 bridgehead atoms. The fourth-order valence-electron chi connectivity index (χ4n) is 7.26. The first kappa shape index (κ1) is 39.6. The van der Waals surface area contributed by atoms with Crippen molar-refractivity contribution in [3.05, 3.63) is 190 Å². The zero-order valence-corrected chi connectivity index (χ0v) is 33.0.